The third-order valence-electron chi connectivity index (χ3n) is 4.21. The topological polar surface area (TPSA) is 12.0 Å². The Hall–Kier alpha value is -0.300. The average Bonchev–Trinajstić information content (AvgIpc) is 2.23. The normalized spacial score (nSPS) is 35.3. The molecule has 1 N–H and O–H groups in total. The Kier molecular flexibility index (Phi) is 3.50. The molecule has 0 amide bonds. The molecule has 0 spiro atoms. The summed E-state index contributed by atoms with van der Waals surface area (Å²) in [5, 5.41) is 3.90. The highest BCUT2D eigenvalue weighted by Crippen LogP contribution is 2.36. The van der Waals surface area contributed by atoms with E-state index in [1.807, 2.05) is 0 Å². The summed E-state index contributed by atoms with van der Waals surface area (Å²) in [5.41, 5.74) is 0.513. The van der Waals surface area contributed by atoms with Crippen LogP contribution in [0, 0.1) is 5.41 Å². The number of hydrogen-bond acceptors (Lipinski definition) is 1. The van der Waals surface area contributed by atoms with Gasteiger partial charge in [0, 0.05) is 12.1 Å². The van der Waals surface area contributed by atoms with Crippen molar-refractivity contribution in [1.29, 1.82) is 0 Å². The van der Waals surface area contributed by atoms with Crippen molar-refractivity contribution in [3.05, 3.63) is 12.2 Å². The van der Waals surface area contributed by atoms with Crippen molar-refractivity contribution in [1.82, 2.24) is 5.32 Å². The second-order valence-electron chi connectivity index (χ2n) is 5.93. The minimum absolute atomic E-state index is 0.513. The molecule has 2 atom stereocenters. The molecule has 0 saturated heterocycles. The van der Waals surface area contributed by atoms with E-state index in [-0.39, 0.29) is 0 Å². The van der Waals surface area contributed by atoms with E-state index in [4.69, 9.17) is 0 Å². The Bertz CT molecular complexity index is 229. The van der Waals surface area contributed by atoms with E-state index < -0.39 is 0 Å². The molecule has 0 heterocycles. The van der Waals surface area contributed by atoms with Crippen LogP contribution in [0.5, 0.6) is 0 Å². The average molecular weight is 207 g/mol. The van der Waals surface area contributed by atoms with E-state index in [2.05, 4.69) is 31.3 Å². The maximum atomic E-state index is 3.90. The first-order valence-electron chi connectivity index (χ1n) is 6.59. The Morgan fingerprint density at radius 3 is 2.67 bits per heavy atom. The lowest BCUT2D eigenvalue weighted by atomic mass is 9.73. The highest BCUT2D eigenvalue weighted by Gasteiger charge is 2.33. The van der Waals surface area contributed by atoms with Crippen LogP contribution in [0.2, 0.25) is 0 Å². The van der Waals surface area contributed by atoms with Gasteiger partial charge in [-0.05, 0) is 37.5 Å². The largest absolute Gasteiger partial charge is 0.310 e. The second-order valence-corrected chi connectivity index (χ2v) is 5.93. The van der Waals surface area contributed by atoms with Crippen LogP contribution in [0.25, 0.3) is 0 Å². The quantitative estimate of drug-likeness (QED) is 0.681. The molecule has 0 aliphatic heterocycles. The second kappa shape index (κ2) is 4.69. The van der Waals surface area contributed by atoms with Crippen LogP contribution in [0.15, 0.2) is 12.2 Å². The molecule has 1 fully saturated rings. The predicted octanol–water partition coefficient (Wildman–Crippen LogP) is 3.65. The fourth-order valence-corrected chi connectivity index (χ4v) is 3.03. The Morgan fingerprint density at radius 1 is 1.13 bits per heavy atom. The zero-order valence-corrected chi connectivity index (χ0v) is 10.3. The lowest BCUT2D eigenvalue weighted by Crippen LogP contribution is -2.48. The SMILES string of the molecule is CC1(C)CCCCC1NC1CC=CCC1. The van der Waals surface area contributed by atoms with Crippen molar-refractivity contribution in [3.63, 3.8) is 0 Å². The lowest BCUT2D eigenvalue weighted by Gasteiger charge is -2.41. The van der Waals surface area contributed by atoms with Gasteiger partial charge in [-0.3, -0.25) is 0 Å². The molecular formula is C14H25N. The molecule has 1 nitrogen and oxygen atoms in total. The molecule has 0 bridgehead atoms. The molecular weight excluding hydrogens is 182 g/mol. The zero-order chi connectivity index (χ0) is 10.7. The van der Waals surface area contributed by atoms with Crippen molar-refractivity contribution in [2.45, 2.75) is 70.9 Å². The molecule has 2 rings (SSSR count). The van der Waals surface area contributed by atoms with E-state index >= 15 is 0 Å². The lowest BCUT2D eigenvalue weighted by molar-refractivity contribution is 0.153. The summed E-state index contributed by atoms with van der Waals surface area (Å²) in [6.45, 7) is 4.87. The molecule has 2 aliphatic rings. The van der Waals surface area contributed by atoms with Gasteiger partial charge in [0.05, 0.1) is 0 Å². The van der Waals surface area contributed by atoms with E-state index in [0.717, 1.165) is 12.1 Å². The number of nitrogens with one attached hydrogen (secondary N) is 1. The fraction of sp³-hybridized carbons (Fsp3) is 0.857. The van der Waals surface area contributed by atoms with Gasteiger partial charge in [-0.15, -0.1) is 0 Å². The summed E-state index contributed by atoms with van der Waals surface area (Å²) in [7, 11) is 0. The van der Waals surface area contributed by atoms with E-state index in [1.165, 1.54) is 44.9 Å². The summed E-state index contributed by atoms with van der Waals surface area (Å²) in [5.74, 6) is 0. The first-order chi connectivity index (χ1) is 7.18. The standard InChI is InChI=1S/C14H25N/c1-14(2)11-7-6-10-13(14)15-12-8-4-3-5-9-12/h3-4,12-13,15H,5-11H2,1-2H3. The number of rotatable bonds is 2. The molecule has 0 aromatic heterocycles. The Morgan fingerprint density at radius 2 is 2.00 bits per heavy atom. The molecule has 1 heteroatoms. The monoisotopic (exact) mass is 207 g/mol. The van der Waals surface area contributed by atoms with Gasteiger partial charge < -0.3 is 5.32 Å². The van der Waals surface area contributed by atoms with Gasteiger partial charge in [0.25, 0.3) is 0 Å². The maximum Gasteiger partial charge on any atom is 0.0121 e. The van der Waals surface area contributed by atoms with Crippen molar-refractivity contribution in [2.24, 2.45) is 5.41 Å². The summed E-state index contributed by atoms with van der Waals surface area (Å²) in [4.78, 5) is 0. The Balaban J connectivity index is 1.89. The summed E-state index contributed by atoms with van der Waals surface area (Å²) in [6, 6.07) is 1.50. The third kappa shape index (κ3) is 2.84. The molecule has 1 saturated carbocycles. The van der Waals surface area contributed by atoms with E-state index in [1.54, 1.807) is 0 Å². The van der Waals surface area contributed by atoms with Gasteiger partial charge in [-0.25, -0.2) is 0 Å². The van der Waals surface area contributed by atoms with Crippen LogP contribution < -0.4 is 5.32 Å². The maximum absolute atomic E-state index is 3.90. The summed E-state index contributed by atoms with van der Waals surface area (Å²) < 4.78 is 0. The van der Waals surface area contributed by atoms with Gasteiger partial charge in [0.15, 0.2) is 0 Å². The molecule has 0 aromatic carbocycles. The van der Waals surface area contributed by atoms with Crippen molar-refractivity contribution in [3.8, 4) is 0 Å². The minimum atomic E-state index is 0.513. The third-order valence-corrected chi connectivity index (χ3v) is 4.21. The van der Waals surface area contributed by atoms with Gasteiger partial charge in [-0.1, -0.05) is 38.8 Å². The number of hydrogen-bond donors (Lipinski definition) is 1. The van der Waals surface area contributed by atoms with Crippen molar-refractivity contribution in [2.75, 3.05) is 0 Å². The van der Waals surface area contributed by atoms with Crippen LogP contribution in [-0.2, 0) is 0 Å². The van der Waals surface area contributed by atoms with Crippen LogP contribution >= 0.6 is 0 Å². The van der Waals surface area contributed by atoms with Crippen LogP contribution in [0.1, 0.15) is 58.8 Å². The van der Waals surface area contributed by atoms with Crippen LogP contribution in [0.3, 0.4) is 0 Å². The van der Waals surface area contributed by atoms with E-state index in [0.29, 0.717) is 5.41 Å². The first-order valence-corrected chi connectivity index (χ1v) is 6.59. The molecule has 15 heavy (non-hydrogen) atoms. The van der Waals surface area contributed by atoms with Crippen LogP contribution in [0.4, 0.5) is 0 Å². The first kappa shape index (κ1) is 11.2. The highest BCUT2D eigenvalue weighted by atomic mass is 15.0. The van der Waals surface area contributed by atoms with Crippen LogP contribution in [-0.4, -0.2) is 12.1 Å². The zero-order valence-electron chi connectivity index (χ0n) is 10.3. The van der Waals surface area contributed by atoms with Crippen molar-refractivity contribution < 1.29 is 0 Å². The Labute approximate surface area is 94.3 Å². The molecule has 0 radical (unpaired) electrons. The van der Waals surface area contributed by atoms with Crippen molar-refractivity contribution >= 4 is 0 Å². The van der Waals surface area contributed by atoms with Gasteiger partial charge in [0.2, 0.25) is 0 Å². The summed E-state index contributed by atoms with van der Waals surface area (Å²) >= 11 is 0. The molecule has 0 aromatic rings. The van der Waals surface area contributed by atoms with Gasteiger partial charge >= 0.3 is 0 Å². The predicted molar refractivity (Wildman–Crippen MR) is 66.0 cm³/mol. The molecule has 2 unspecified atom stereocenters. The molecule has 86 valence electrons. The highest BCUT2D eigenvalue weighted by molar-refractivity contribution is 4.96. The fourth-order valence-electron chi connectivity index (χ4n) is 3.03. The smallest absolute Gasteiger partial charge is 0.0121 e. The van der Waals surface area contributed by atoms with Gasteiger partial charge in [-0.2, -0.15) is 0 Å². The molecule has 2 aliphatic carbocycles. The number of allylic oxidation sites excluding steroid dienone is 1. The minimum Gasteiger partial charge on any atom is -0.310 e. The van der Waals surface area contributed by atoms with Gasteiger partial charge in [0.1, 0.15) is 0 Å². The van der Waals surface area contributed by atoms with E-state index in [9.17, 15) is 0 Å². The summed E-state index contributed by atoms with van der Waals surface area (Å²) in [6.07, 6.45) is 14.1.